The summed E-state index contributed by atoms with van der Waals surface area (Å²) >= 11 is 0. The Balaban J connectivity index is 1.21. The number of hydrogen-bond donors (Lipinski definition) is 2. The second-order valence-electron chi connectivity index (χ2n) is 15.0. The van der Waals surface area contributed by atoms with Gasteiger partial charge in [0.15, 0.2) is 0 Å². The Labute approximate surface area is 319 Å². The number of rotatable bonds is 2. The summed E-state index contributed by atoms with van der Waals surface area (Å²) in [5.41, 5.74) is 14.8. The van der Waals surface area contributed by atoms with Crippen LogP contribution in [0.15, 0.2) is 107 Å². The van der Waals surface area contributed by atoms with Gasteiger partial charge in [-0.15, -0.1) is 0 Å². The first kappa shape index (κ1) is 30.8. The highest BCUT2D eigenvalue weighted by atomic mass is 16.6. The van der Waals surface area contributed by atoms with E-state index in [1.54, 1.807) is 22.6 Å². The molecule has 13 aromatic rings. The van der Waals surface area contributed by atoms with Crippen molar-refractivity contribution in [2.45, 2.75) is 0 Å². The molecule has 13 rings (SSSR count). The summed E-state index contributed by atoms with van der Waals surface area (Å²) in [5, 5.41) is 35.0. The normalized spacial score (nSPS) is 12.7. The van der Waals surface area contributed by atoms with E-state index >= 15 is 0 Å². The molecule has 0 saturated heterocycles. The maximum Gasteiger partial charge on any atom is 0.272 e. The number of nitro groups is 2. The quantitative estimate of drug-likeness (QED) is 0.0565. The first-order valence-corrected chi connectivity index (χ1v) is 18.2. The molecule has 14 nitrogen and oxygen atoms in total. The number of nitrogens with two attached hydrogens (primary N) is 2. The van der Waals surface area contributed by atoms with Crippen molar-refractivity contribution in [3.63, 3.8) is 0 Å². The van der Waals surface area contributed by atoms with Crippen LogP contribution in [0.4, 0.5) is 22.7 Å². The number of aromatic nitrogens is 4. The van der Waals surface area contributed by atoms with Gasteiger partial charge in [-0.05, 0) is 91.6 Å². The molecule has 0 aliphatic carbocycles. The Morgan fingerprint density at radius 3 is 1.33 bits per heavy atom. The molecule has 0 spiro atoms. The molecule has 0 bridgehead atoms. The Morgan fingerprint density at radius 1 is 0.448 bits per heavy atom. The molecule has 0 saturated carbocycles. The molecule has 0 fully saturated rings. The van der Waals surface area contributed by atoms with E-state index in [1.807, 2.05) is 54.6 Å². The lowest BCUT2D eigenvalue weighted by Gasteiger charge is -2.20. The van der Waals surface area contributed by atoms with Gasteiger partial charge in [0.25, 0.3) is 22.5 Å². The molecule has 0 aliphatic rings. The van der Waals surface area contributed by atoms with E-state index in [0.717, 1.165) is 53.9 Å². The summed E-state index contributed by atoms with van der Waals surface area (Å²) in [7, 11) is 0. The summed E-state index contributed by atoms with van der Waals surface area (Å²) in [4.78, 5) is 62.2. The van der Waals surface area contributed by atoms with Gasteiger partial charge in [0.05, 0.1) is 31.9 Å². The van der Waals surface area contributed by atoms with Crippen LogP contribution in [0.25, 0.3) is 120 Å². The fourth-order valence-corrected chi connectivity index (χ4v) is 9.88. The molecule has 0 radical (unpaired) electrons. The van der Waals surface area contributed by atoms with E-state index in [-0.39, 0.29) is 39.0 Å². The highest BCUT2D eigenvalue weighted by Gasteiger charge is 2.26. The summed E-state index contributed by atoms with van der Waals surface area (Å²) < 4.78 is 3.01. The van der Waals surface area contributed by atoms with Crippen LogP contribution in [0, 0.1) is 20.2 Å². The Morgan fingerprint density at radius 2 is 0.828 bits per heavy atom. The fraction of sp³-hybridized carbons (Fsp3) is 0. The van der Waals surface area contributed by atoms with Gasteiger partial charge >= 0.3 is 0 Å². The largest absolute Gasteiger partial charge is 0.399 e. The fourth-order valence-electron chi connectivity index (χ4n) is 9.88. The molecule has 14 heteroatoms. The SMILES string of the molecule is Nc1cc2cc(N)cc3c2c(c1)nc1c2ccc4c5ccc6c(=O)n7c8cc([N+](=O)[O-])cc9cc([N+](=O)[O-])cc(nc7c7ccc(c%10ccc(c(=O)n31)c2c4%10)c5c67)c98. The number of hydrogen-bond acceptors (Lipinski definition) is 10. The Kier molecular flexibility index (Phi) is 5.21. The van der Waals surface area contributed by atoms with Crippen LogP contribution >= 0.6 is 0 Å². The van der Waals surface area contributed by atoms with Crippen molar-refractivity contribution in [2.24, 2.45) is 0 Å². The number of nitrogen functional groups attached to an aromatic ring is 2. The number of fused-ring (bicyclic) bond motifs is 8. The zero-order chi connectivity index (χ0) is 39.2. The van der Waals surface area contributed by atoms with Crippen LogP contribution in [0.2, 0.25) is 0 Å². The van der Waals surface area contributed by atoms with Crippen LogP contribution in [-0.2, 0) is 0 Å². The van der Waals surface area contributed by atoms with Gasteiger partial charge in [-0.2, -0.15) is 0 Å². The predicted molar refractivity (Wildman–Crippen MR) is 227 cm³/mol. The topological polar surface area (TPSA) is 207 Å². The molecule has 0 aliphatic heterocycles. The van der Waals surface area contributed by atoms with Crippen molar-refractivity contribution in [3.05, 3.63) is 138 Å². The maximum atomic E-state index is 14.7. The third-order valence-electron chi connectivity index (χ3n) is 12.1. The lowest BCUT2D eigenvalue weighted by Crippen LogP contribution is -2.17. The number of anilines is 2. The van der Waals surface area contributed by atoms with Gasteiger partial charge < -0.3 is 11.5 Å². The van der Waals surface area contributed by atoms with Crippen LogP contribution < -0.4 is 22.6 Å². The van der Waals surface area contributed by atoms with E-state index in [0.29, 0.717) is 55.0 Å². The van der Waals surface area contributed by atoms with E-state index in [1.165, 1.54) is 28.7 Å². The molecule has 0 atom stereocenters. The summed E-state index contributed by atoms with van der Waals surface area (Å²) in [6.07, 6.45) is 0. The molecule has 9 aromatic carbocycles. The van der Waals surface area contributed by atoms with Crippen LogP contribution in [-0.4, -0.2) is 28.6 Å². The molecule has 4 aromatic heterocycles. The van der Waals surface area contributed by atoms with Crippen molar-refractivity contribution in [1.82, 2.24) is 18.8 Å². The van der Waals surface area contributed by atoms with Gasteiger partial charge in [-0.3, -0.25) is 38.6 Å². The Bertz CT molecular complexity index is 4260. The summed E-state index contributed by atoms with van der Waals surface area (Å²) in [6.45, 7) is 0. The second-order valence-corrected chi connectivity index (χ2v) is 15.0. The van der Waals surface area contributed by atoms with Crippen molar-refractivity contribution in [1.29, 1.82) is 0 Å². The van der Waals surface area contributed by atoms with E-state index in [4.69, 9.17) is 21.4 Å². The number of non-ortho nitro benzene ring substituents is 2. The molecular formula is C44H20N8O6. The summed E-state index contributed by atoms with van der Waals surface area (Å²) in [6, 6.07) is 27.6. The van der Waals surface area contributed by atoms with Gasteiger partial charge in [-0.1, -0.05) is 24.3 Å². The van der Waals surface area contributed by atoms with Crippen LogP contribution in [0.1, 0.15) is 0 Å². The van der Waals surface area contributed by atoms with Crippen molar-refractivity contribution < 1.29 is 9.85 Å². The van der Waals surface area contributed by atoms with E-state index in [2.05, 4.69) is 0 Å². The number of pyridine rings is 2. The second kappa shape index (κ2) is 9.82. The Hall–Kier alpha value is -8.52. The highest BCUT2D eigenvalue weighted by molar-refractivity contribution is 6.40. The van der Waals surface area contributed by atoms with Crippen molar-refractivity contribution in [2.75, 3.05) is 11.5 Å². The molecular weight excluding hydrogens is 737 g/mol. The number of benzene rings is 9. The number of nitrogens with zero attached hydrogens (tertiary/aromatic N) is 6. The maximum absolute atomic E-state index is 14.7. The van der Waals surface area contributed by atoms with Crippen LogP contribution in [0.3, 0.4) is 0 Å². The minimum Gasteiger partial charge on any atom is -0.399 e. The van der Waals surface area contributed by atoms with Crippen molar-refractivity contribution >= 4 is 142 Å². The average molecular weight is 757 g/mol. The van der Waals surface area contributed by atoms with E-state index < -0.39 is 15.4 Å². The average Bonchev–Trinajstić information content (AvgIpc) is 3.20. The molecule has 58 heavy (non-hydrogen) atoms. The molecule has 4 N–H and O–H groups in total. The first-order valence-electron chi connectivity index (χ1n) is 18.2. The summed E-state index contributed by atoms with van der Waals surface area (Å²) in [5.74, 6) is 0. The van der Waals surface area contributed by atoms with Gasteiger partial charge in [-0.25, -0.2) is 9.97 Å². The third kappa shape index (κ3) is 3.49. The van der Waals surface area contributed by atoms with Gasteiger partial charge in [0, 0.05) is 78.7 Å². The highest BCUT2D eigenvalue weighted by Crippen LogP contribution is 2.46. The minimum absolute atomic E-state index is 0.213. The molecule has 0 unspecified atom stereocenters. The van der Waals surface area contributed by atoms with Gasteiger partial charge in [0.1, 0.15) is 11.3 Å². The lowest BCUT2D eigenvalue weighted by atomic mass is 9.86. The zero-order valence-corrected chi connectivity index (χ0v) is 29.5. The molecule has 0 amide bonds. The van der Waals surface area contributed by atoms with E-state index in [9.17, 15) is 29.8 Å². The standard InChI is InChI=1S/C44H20N8O6/c45-19-9-17-10-20(46)14-33-35(17)31(13-19)47-41-27-5-1-23-26-4-8-30-40-28(6-2-24(38(26)40)25-3-7-29(39(27)37(23)25)43(53)49(33)41)42-48-32-15-21(51(55)56)11-18-12-22(52(57)58)16-34(36(18)32)50(42)44(30)54/h1-16H,45-46H2. The van der Waals surface area contributed by atoms with Crippen molar-refractivity contribution in [3.8, 4) is 0 Å². The smallest absolute Gasteiger partial charge is 0.272 e. The van der Waals surface area contributed by atoms with Gasteiger partial charge in [0.2, 0.25) is 0 Å². The lowest BCUT2D eigenvalue weighted by molar-refractivity contribution is -0.385. The molecule has 4 heterocycles. The number of nitro benzene ring substituents is 2. The molecule has 272 valence electrons. The monoisotopic (exact) mass is 756 g/mol. The predicted octanol–water partition coefficient (Wildman–Crippen LogP) is 8.53. The van der Waals surface area contributed by atoms with Crippen LogP contribution in [0.5, 0.6) is 0 Å². The third-order valence-corrected chi connectivity index (χ3v) is 12.1. The minimum atomic E-state index is -0.585. The zero-order valence-electron chi connectivity index (χ0n) is 29.5. The first-order chi connectivity index (χ1) is 28.0.